The number of nitrogens with zero attached hydrogens (tertiary/aromatic N) is 2. The van der Waals surface area contributed by atoms with E-state index in [0.29, 0.717) is 21.5 Å². The van der Waals surface area contributed by atoms with Crippen LogP contribution in [-0.2, 0) is 6.73 Å². The summed E-state index contributed by atoms with van der Waals surface area (Å²) in [6, 6.07) is 7.05. The van der Waals surface area contributed by atoms with Crippen molar-refractivity contribution in [1.82, 2.24) is 15.1 Å². The minimum absolute atomic E-state index is 0.0918. The molecule has 31 heavy (non-hydrogen) atoms. The van der Waals surface area contributed by atoms with Crippen LogP contribution in [0.2, 0.25) is 10.0 Å². The first kappa shape index (κ1) is 21.1. The number of amides is 1. The molecule has 1 heterocycles. The average Bonchev–Trinajstić information content (AvgIpc) is 3.19. The second kappa shape index (κ2) is 8.32. The summed E-state index contributed by atoms with van der Waals surface area (Å²) in [7, 11) is 0. The first-order valence-electron chi connectivity index (χ1n) is 11.4. The Balaban J connectivity index is 1.23. The molecule has 4 fully saturated rings. The minimum Gasteiger partial charge on any atom is -0.470 e. The predicted octanol–water partition coefficient (Wildman–Crippen LogP) is 5.95. The first-order chi connectivity index (χ1) is 14.9. The van der Waals surface area contributed by atoms with Crippen molar-refractivity contribution in [2.45, 2.75) is 64.6 Å². The first-order valence-corrected chi connectivity index (χ1v) is 12.1. The van der Waals surface area contributed by atoms with E-state index in [9.17, 15) is 4.79 Å². The van der Waals surface area contributed by atoms with Crippen LogP contribution < -0.4 is 10.1 Å². The van der Waals surface area contributed by atoms with Crippen LogP contribution in [0.4, 0.5) is 0 Å². The third-order valence-electron chi connectivity index (χ3n) is 7.66. The second-order valence-electron chi connectivity index (χ2n) is 9.80. The highest BCUT2D eigenvalue weighted by molar-refractivity contribution is 6.35. The highest BCUT2D eigenvalue weighted by atomic mass is 35.5. The summed E-state index contributed by atoms with van der Waals surface area (Å²) in [5.41, 5.74) is 0.713. The zero-order valence-electron chi connectivity index (χ0n) is 17.8. The second-order valence-corrected chi connectivity index (χ2v) is 10.6. The van der Waals surface area contributed by atoms with Crippen molar-refractivity contribution >= 4 is 29.1 Å². The molecule has 0 radical (unpaired) electrons. The number of rotatable bonds is 7. The number of halogens is 2. The summed E-state index contributed by atoms with van der Waals surface area (Å²) in [4.78, 5) is 13.0. The van der Waals surface area contributed by atoms with Crippen LogP contribution >= 0.6 is 23.2 Å². The van der Waals surface area contributed by atoms with E-state index in [0.717, 1.165) is 24.2 Å². The van der Waals surface area contributed by atoms with Crippen molar-refractivity contribution in [3.63, 3.8) is 0 Å². The maximum Gasteiger partial charge on any atom is 0.272 e. The molecule has 4 bridgehead atoms. The molecule has 0 saturated heterocycles. The van der Waals surface area contributed by atoms with Crippen molar-refractivity contribution in [2.75, 3.05) is 0 Å². The zero-order valence-corrected chi connectivity index (χ0v) is 19.3. The number of carbonyl (C=O) groups is 1. The van der Waals surface area contributed by atoms with Gasteiger partial charge in [-0.15, -0.1) is 0 Å². The lowest BCUT2D eigenvalue weighted by atomic mass is 9.47. The molecule has 0 aliphatic heterocycles. The molecule has 4 aliphatic rings. The Labute approximate surface area is 193 Å². The van der Waals surface area contributed by atoms with Crippen LogP contribution in [0, 0.1) is 23.2 Å². The number of aromatic nitrogens is 2. The van der Waals surface area contributed by atoms with Crippen LogP contribution in [0.1, 0.15) is 62.4 Å². The summed E-state index contributed by atoms with van der Waals surface area (Å²) >= 11 is 12.1. The quantitative estimate of drug-likeness (QED) is 0.553. The van der Waals surface area contributed by atoms with E-state index >= 15 is 0 Å². The average molecular weight is 462 g/mol. The molecule has 6 rings (SSSR count). The lowest BCUT2D eigenvalue weighted by Crippen LogP contribution is -2.56. The van der Waals surface area contributed by atoms with E-state index in [1.165, 1.54) is 38.5 Å². The molecule has 1 aromatic heterocycles. The topological polar surface area (TPSA) is 56.2 Å². The predicted molar refractivity (Wildman–Crippen MR) is 121 cm³/mol. The molecule has 5 nitrogen and oxygen atoms in total. The maximum absolute atomic E-state index is 13.0. The van der Waals surface area contributed by atoms with Crippen molar-refractivity contribution in [3.05, 3.63) is 46.2 Å². The molecule has 1 unspecified atom stereocenters. The van der Waals surface area contributed by atoms with Crippen LogP contribution in [0.25, 0.3) is 0 Å². The molecule has 1 atom stereocenters. The summed E-state index contributed by atoms with van der Waals surface area (Å²) in [5, 5.41) is 8.77. The van der Waals surface area contributed by atoms with Gasteiger partial charge in [-0.1, -0.05) is 30.1 Å². The van der Waals surface area contributed by atoms with Gasteiger partial charge in [-0.05, 0) is 92.4 Å². The Morgan fingerprint density at radius 3 is 2.48 bits per heavy atom. The van der Waals surface area contributed by atoms with Crippen molar-refractivity contribution in [1.29, 1.82) is 0 Å². The lowest BCUT2D eigenvalue weighted by molar-refractivity contribution is -0.0727. The zero-order chi connectivity index (χ0) is 21.6. The van der Waals surface area contributed by atoms with Crippen molar-refractivity contribution in [2.24, 2.45) is 23.2 Å². The summed E-state index contributed by atoms with van der Waals surface area (Å²) in [6.07, 6.45) is 10.8. The summed E-state index contributed by atoms with van der Waals surface area (Å²) < 4.78 is 7.32. The molecule has 0 spiro atoms. The molecule has 166 valence electrons. The Morgan fingerprint density at radius 1 is 1.19 bits per heavy atom. The number of carbonyl (C=O) groups excluding carboxylic acids is 1. The van der Waals surface area contributed by atoms with Gasteiger partial charge in [0.2, 0.25) is 0 Å². The van der Waals surface area contributed by atoms with Crippen LogP contribution in [0.5, 0.6) is 5.75 Å². The van der Waals surface area contributed by atoms with Gasteiger partial charge >= 0.3 is 0 Å². The molecule has 4 saturated carbocycles. The van der Waals surface area contributed by atoms with Gasteiger partial charge in [0.15, 0.2) is 6.73 Å². The van der Waals surface area contributed by atoms with Crippen LogP contribution in [0.3, 0.4) is 0 Å². The molecule has 2 aromatic rings. The van der Waals surface area contributed by atoms with E-state index in [-0.39, 0.29) is 24.1 Å². The molecule has 1 amide bonds. The molecule has 1 aromatic carbocycles. The lowest BCUT2D eigenvalue weighted by Gasteiger charge is -2.59. The van der Waals surface area contributed by atoms with E-state index in [1.807, 2.05) is 0 Å². The van der Waals surface area contributed by atoms with E-state index in [4.69, 9.17) is 27.9 Å². The van der Waals surface area contributed by atoms with Gasteiger partial charge in [-0.25, -0.2) is 4.68 Å². The molecule has 1 N–H and O–H groups in total. The maximum atomic E-state index is 13.0. The SMILES string of the molecule is CCC(NC(=O)c1ccn(COc2ccc(Cl)cc2Cl)n1)C12CC3CC(CC(C3)C1)C2. The van der Waals surface area contributed by atoms with Crippen molar-refractivity contribution in [3.8, 4) is 5.75 Å². The van der Waals surface area contributed by atoms with Gasteiger partial charge in [0.25, 0.3) is 5.91 Å². The van der Waals surface area contributed by atoms with E-state index in [1.54, 1.807) is 35.1 Å². The number of hydrogen-bond acceptors (Lipinski definition) is 3. The van der Waals surface area contributed by atoms with Gasteiger partial charge in [0.05, 0.1) is 5.02 Å². The van der Waals surface area contributed by atoms with Crippen LogP contribution in [0.15, 0.2) is 30.5 Å². The fourth-order valence-electron chi connectivity index (χ4n) is 6.81. The number of benzene rings is 1. The van der Waals surface area contributed by atoms with Gasteiger partial charge in [-0.3, -0.25) is 4.79 Å². The monoisotopic (exact) mass is 461 g/mol. The van der Waals surface area contributed by atoms with E-state index < -0.39 is 0 Å². The fraction of sp³-hybridized carbons (Fsp3) is 0.583. The largest absolute Gasteiger partial charge is 0.470 e. The highest BCUT2D eigenvalue weighted by Gasteiger charge is 2.54. The number of nitrogens with one attached hydrogen (secondary N) is 1. The third kappa shape index (κ3) is 4.19. The number of ether oxygens (including phenoxy) is 1. The Hall–Kier alpha value is -1.72. The summed E-state index contributed by atoms with van der Waals surface area (Å²) in [6.45, 7) is 2.37. The van der Waals surface area contributed by atoms with Crippen molar-refractivity contribution < 1.29 is 9.53 Å². The number of hydrogen-bond donors (Lipinski definition) is 1. The Morgan fingerprint density at radius 2 is 1.87 bits per heavy atom. The fourth-order valence-corrected chi connectivity index (χ4v) is 7.27. The van der Waals surface area contributed by atoms with E-state index in [2.05, 4.69) is 17.3 Å². The van der Waals surface area contributed by atoms with Gasteiger partial charge in [-0.2, -0.15) is 5.10 Å². The summed E-state index contributed by atoms with van der Waals surface area (Å²) in [5.74, 6) is 3.04. The van der Waals surface area contributed by atoms with Gasteiger partial charge in [0, 0.05) is 17.3 Å². The van der Waals surface area contributed by atoms with Gasteiger partial charge < -0.3 is 10.1 Å². The molecule has 7 heteroatoms. The molecule has 4 aliphatic carbocycles. The van der Waals surface area contributed by atoms with Crippen LogP contribution in [-0.4, -0.2) is 21.7 Å². The highest BCUT2D eigenvalue weighted by Crippen LogP contribution is 2.61. The normalized spacial score (nSPS) is 29.7. The smallest absolute Gasteiger partial charge is 0.272 e. The van der Waals surface area contributed by atoms with Gasteiger partial charge in [0.1, 0.15) is 11.4 Å². The minimum atomic E-state index is -0.0918. The standard InChI is InChI=1S/C24H29Cl2N3O2/c1-2-22(24-11-15-7-16(12-24)9-17(8-15)13-24)27-23(30)20-5-6-29(28-20)14-31-21-4-3-18(25)10-19(21)26/h3-6,10,15-17,22H,2,7-9,11-14H2,1H3,(H,27,30). The Kier molecular flexibility index (Phi) is 5.68. The third-order valence-corrected chi connectivity index (χ3v) is 8.19. The molecular formula is C24H29Cl2N3O2. The molecular weight excluding hydrogens is 433 g/mol. The Bertz CT molecular complexity index is 938.